The van der Waals surface area contributed by atoms with Crippen LogP contribution in [0.1, 0.15) is 6.42 Å². The Morgan fingerprint density at radius 1 is 1.35 bits per heavy atom. The first kappa shape index (κ1) is 15.1. The Kier molecular flexibility index (Phi) is 7.99. The van der Waals surface area contributed by atoms with Gasteiger partial charge >= 0.3 is 0 Å². The zero-order valence-electron chi connectivity index (χ0n) is 11.0. The summed E-state index contributed by atoms with van der Waals surface area (Å²) in [5.41, 5.74) is 0. The standard InChI is InChI=1S/C11H24O5Si/c1-12-11(13-2)9-16-17(3)6-4-5-14-7-10-8-15-10/h10-11,17H,4-9H2,1-3H3. The van der Waals surface area contributed by atoms with Crippen LogP contribution in [0.15, 0.2) is 0 Å². The maximum absolute atomic E-state index is 5.73. The first-order chi connectivity index (χ1) is 8.26. The van der Waals surface area contributed by atoms with Crippen molar-refractivity contribution in [3.63, 3.8) is 0 Å². The smallest absolute Gasteiger partial charge is 0.178 e. The van der Waals surface area contributed by atoms with Crippen LogP contribution in [0.3, 0.4) is 0 Å². The van der Waals surface area contributed by atoms with Gasteiger partial charge in [-0.3, -0.25) is 0 Å². The molecule has 0 radical (unpaired) electrons. The lowest BCUT2D eigenvalue weighted by molar-refractivity contribution is -0.122. The Balaban J connectivity index is 1.87. The van der Waals surface area contributed by atoms with Crippen molar-refractivity contribution in [1.82, 2.24) is 0 Å². The first-order valence-corrected chi connectivity index (χ1v) is 8.57. The minimum absolute atomic E-state index is 0.242. The molecule has 1 aliphatic heterocycles. The maximum atomic E-state index is 5.73. The highest BCUT2D eigenvalue weighted by molar-refractivity contribution is 6.50. The number of methoxy groups -OCH3 is 2. The predicted molar refractivity (Wildman–Crippen MR) is 66.8 cm³/mol. The molecule has 2 atom stereocenters. The average Bonchev–Trinajstić information content (AvgIpc) is 3.14. The minimum Gasteiger partial charge on any atom is -0.415 e. The second kappa shape index (κ2) is 9.01. The Bertz CT molecular complexity index is 185. The Morgan fingerprint density at radius 3 is 2.65 bits per heavy atom. The molecule has 1 heterocycles. The summed E-state index contributed by atoms with van der Waals surface area (Å²) in [6.45, 7) is 5.12. The topological polar surface area (TPSA) is 49.5 Å². The van der Waals surface area contributed by atoms with Crippen LogP contribution in [-0.2, 0) is 23.4 Å². The van der Waals surface area contributed by atoms with Gasteiger partial charge in [0.2, 0.25) is 0 Å². The number of ether oxygens (including phenoxy) is 4. The van der Waals surface area contributed by atoms with Crippen molar-refractivity contribution in [2.75, 3.05) is 40.6 Å². The summed E-state index contributed by atoms with van der Waals surface area (Å²) in [7, 11) is 2.14. The van der Waals surface area contributed by atoms with Gasteiger partial charge in [0.25, 0.3) is 0 Å². The first-order valence-electron chi connectivity index (χ1n) is 6.12. The normalized spacial score (nSPS) is 20.8. The van der Waals surface area contributed by atoms with E-state index in [0.29, 0.717) is 12.7 Å². The molecule has 6 heteroatoms. The Morgan fingerprint density at radius 2 is 2.06 bits per heavy atom. The van der Waals surface area contributed by atoms with Crippen molar-refractivity contribution < 1.29 is 23.4 Å². The molecule has 0 aromatic carbocycles. The van der Waals surface area contributed by atoms with Gasteiger partial charge in [-0.2, -0.15) is 0 Å². The van der Waals surface area contributed by atoms with Crippen molar-refractivity contribution in [2.45, 2.75) is 31.4 Å². The highest BCUT2D eigenvalue weighted by atomic mass is 28.3. The predicted octanol–water partition coefficient (Wildman–Crippen LogP) is 0.781. The lowest BCUT2D eigenvalue weighted by Gasteiger charge is -2.17. The van der Waals surface area contributed by atoms with Crippen molar-refractivity contribution in [2.24, 2.45) is 0 Å². The minimum atomic E-state index is -1.11. The Labute approximate surface area is 105 Å². The summed E-state index contributed by atoms with van der Waals surface area (Å²) < 4.78 is 26.4. The second-order valence-electron chi connectivity index (χ2n) is 4.22. The quantitative estimate of drug-likeness (QED) is 0.239. The average molecular weight is 264 g/mol. The molecule has 1 fully saturated rings. The van der Waals surface area contributed by atoms with Crippen molar-refractivity contribution >= 4 is 9.04 Å². The summed E-state index contributed by atoms with van der Waals surface area (Å²) in [6.07, 6.45) is 1.18. The van der Waals surface area contributed by atoms with Crippen LogP contribution in [0.4, 0.5) is 0 Å². The van der Waals surface area contributed by atoms with Crippen LogP contribution in [0.5, 0.6) is 0 Å². The molecule has 102 valence electrons. The molecule has 0 aromatic rings. The maximum Gasteiger partial charge on any atom is 0.178 e. The van der Waals surface area contributed by atoms with Crippen molar-refractivity contribution in [1.29, 1.82) is 0 Å². The number of hydrogen-bond acceptors (Lipinski definition) is 5. The molecule has 5 nitrogen and oxygen atoms in total. The van der Waals surface area contributed by atoms with Gasteiger partial charge < -0.3 is 23.4 Å². The molecule has 0 spiro atoms. The van der Waals surface area contributed by atoms with Crippen molar-refractivity contribution in [3.8, 4) is 0 Å². The van der Waals surface area contributed by atoms with E-state index in [1.54, 1.807) is 14.2 Å². The molecular weight excluding hydrogens is 240 g/mol. The van der Waals surface area contributed by atoms with Crippen LogP contribution < -0.4 is 0 Å². The molecule has 0 saturated carbocycles. The van der Waals surface area contributed by atoms with Crippen LogP contribution in [0.25, 0.3) is 0 Å². The van der Waals surface area contributed by atoms with Gasteiger partial charge in [-0.1, -0.05) is 0 Å². The third-order valence-corrected chi connectivity index (χ3v) is 4.63. The van der Waals surface area contributed by atoms with E-state index in [2.05, 4.69) is 6.55 Å². The highest BCUT2D eigenvalue weighted by Crippen LogP contribution is 2.09. The van der Waals surface area contributed by atoms with E-state index in [1.165, 1.54) is 0 Å². The fourth-order valence-corrected chi connectivity index (χ4v) is 2.80. The van der Waals surface area contributed by atoms with E-state index in [0.717, 1.165) is 32.3 Å². The lowest BCUT2D eigenvalue weighted by atomic mass is 10.5. The van der Waals surface area contributed by atoms with Gasteiger partial charge in [0, 0.05) is 20.8 Å². The second-order valence-corrected chi connectivity index (χ2v) is 6.75. The highest BCUT2D eigenvalue weighted by Gasteiger charge is 2.22. The molecule has 1 saturated heterocycles. The van der Waals surface area contributed by atoms with Crippen LogP contribution in [0, 0.1) is 0 Å². The summed E-state index contributed by atoms with van der Waals surface area (Å²) in [5.74, 6) is 0. The molecule has 0 amide bonds. The summed E-state index contributed by atoms with van der Waals surface area (Å²) in [6, 6.07) is 1.12. The van der Waals surface area contributed by atoms with Gasteiger partial charge in [-0.15, -0.1) is 0 Å². The van der Waals surface area contributed by atoms with E-state index in [4.69, 9.17) is 23.4 Å². The summed E-state index contributed by atoms with van der Waals surface area (Å²) in [5, 5.41) is 0. The van der Waals surface area contributed by atoms with Crippen LogP contribution in [-0.4, -0.2) is 62.1 Å². The summed E-state index contributed by atoms with van der Waals surface area (Å²) >= 11 is 0. The number of epoxide rings is 1. The number of hydrogen-bond donors (Lipinski definition) is 0. The molecule has 0 aliphatic carbocycles. The number of rotatable bonds is 11. The molecule has 0 aromatic heterocycles. The summed E-state index contributed by atoms with van der Waals surface area (Å²) in [4.78, 5) is 0. The fraction of sp³-hybridized carbons (Fsp3) is 1.00. The molecule has 2 unspecified atom stereocenters. The van der Waals surface area contributed by atoms with Gasteiger partial charge in [-0.05, 0) is 19.0 Å². The van der Waals surface area contributed by atoms with Crippen LogP contribution >= 0.6 is 0 Å². The van der Waals surface area contributed by atoms with E-state index in [1.807, 2.05) is 0 Å². The third kappa shape index (κ3) is 7.85. The Hall–Kier alpha value is 0.0169. The van der Waals surface area contributed by atoms with Gasteiger partial charge in [-0.25, -0.2) is 0 Å². The SMILES string of the molecule is COC(CO[SiH](C)CCCOCC1CO1)OC. The van der Waals surface area contributed by atoms with Gasteiger partial charge in [0.1, 0.15) is 6.10 Å². The van der Waals surface area contributed by atoms with Gasteiger partial charge in [0.05, 0.1) is 19.8 Å². The monoisotopic (exact) mass is 264 g/mol. The molecule has 17 heavy (non-hydrogen) atoms. The third-order valence-electron chi connectivity index (χ3n) is 2.65. The van der Waals surface area contributed by atoms with E-state index < -0.39 is 9.04 Å². The molecule has 1 aliphatic rings. The lowest BCUT2D eigenvalue weighted by Crippen LogP contribution is -2.25. The largest absolute Gasteiger partial charge is 0.415 e. The van der Waals surface area contributed by atoms with Gasteiger partial charge in [0.15, 0.2) is 15.3 Å². The fourth-order valence-electron chi connectivity index (χ4n) is 1.41. The molecule has 0 N–H and O–H groups in total. The zero-order chi connectivity index (χ0) is 12.5. The van der Waals surface area contributed by atoms with E-state index in [-0.39, 0.29) is 6.29 Å². The molecule has 1 rings (SSSR count). The van der Waals surface area contributed by atoms with Crippen molar-refractivity contribution in [3.05, 3.63) is 0 Å². The van der Waals surface area contributed by atoms with Crippen LogP contribution in [0.2, 0.25) is 12.6 Å². The van der Waals surface area contributed by atoms with E-state index >= 15 is 0 Å². The zero-order valence-corrected chi connectivity index (χ0v) is 12.2. The molecule has 0 bridgehead atoms. The molecular formula is C11H24O5Si. The van der Waals surface area contributed by atoms with E-state index in [9.17, 15) is 0 Å².